The number of rotatable bonds is 2. The Hall–Kier alpha value is -3.27. The molecule has 2 nitrogen and oxygen atoms in total. The second kappa shape index (κ2) is 6.16. The Morgan fingerprint density at radius 2 is 1.30 bits per heavy atom. The van der Waals surface area contributed by atoms with Gasteiger partial charge >= 0.3 is 0 Å². The van der Waals surface area contributed by atoms with Gasteiger partial charge in [0.25, 0.3) is 0 Å². The minimum Gasteiger partial charge on any atom is -0.475 e. The highest BCUT2D eigenvalue weighted by atomic mass is 19.1. The van der Waals surface area contributed by atoms with E-state index in [0.717, 1.165) is 27.6 Å². The summed E-state index contributed by atoms with van der Waals surface area (Å²) in [5.41, 5.74) is 0.951. The highest BCUT2D eigenvalue weighted by Crippen LogP contribution is 2.40. The predicted molar refractivity (Wildman–Crippen MR) is 104 cm³/mol. The molecule has 5 rings (SSSR count). The van der Waals surface area contributed by atoms with E-state index in [1.54, 1.807) is 0 Å². The number of fused-ring (bicyclic) bond motifs is 2. The van der Waals surface area contributed by atoms with E-state index in [0.29, 0.717) is 18.7 Å². The third-order valence-electron chi connectivity index (χ3n) is 4.92. The quantitative estimate of drug-likeness (QED) is 0.420. The average Bonchev–Trinajstić information content (AvgIpc) is 3.22. The smallest absolute Gasteiger partial charge is 0.220 e. The van der Waals surface area contributed by atoms with Crippen molar-refractivity contribution < 1.29 is 13.5 Å². The second-order valence-corrected chi connectivity index (χ2v) is 6.51. The summed E-state index contributed by atoms with van der Waals surface area (Å²) in [5.74, 6) is -0.866. The maximum absolute atomic E-state index is 15.1. The zero-order chi connectivity index (χ0) is 18.4. The number of halogens is 2. The van der Waals surface area contributed by atoms with Crippen LogP contribution in [-0.2, 0) is 4.74 Å². The van der Waals surface area contributed by atoms with Gasteiger partial charge in [-0.05, 0) is 39.7 Å². The molecule has 0 amide bonds. The molecule has 0 spiro atoms. The van der Waals surface area contributed by atoms with Gasteiger partial charge in [0, 0.05) is 11.1 Å². The molecule has 4 aromatic rings. The van der Waals surface area contributed by atoms with Crippen LogP contribution in [0.3, 0.4) is 0 Å². The zero-order valence-electron chi connectivity index (χ0n) is 14.4. The van der Waals surface area contributed by atoms with Gasteiger partial charge in [-0.1, -0.05) is 48.5 Å². The van der Waals surface area contributed by atoms with E-state index in [2.05, 4.69) is 11.1 Å². The van der Waals surface area contributed by atoms with Gasteiger partial charge in [-0.25, -0.2) is 13.8 Å². The lowest BCUT2D eigenvalue weighted by Crippen LogP contribution is -2.09. The van der Waals surface area contributed by atoms with Gasteiger partial charge in [-0.15, -0.1) is 0 Å². The number of benzene rings is 4. The molecule has 0 unspecified atom stereocenters. The van der Waals surface area contributed by atoms with Crippen LogP contribution >= 0.6 is 0 Å². The fraction of sp³-hybridized carbons (Fsp3) is 0.0870. The van der Waals surface area contributed by atoms with Crippen molar-refractivity contribution in [1.82, 2.24) is 0 Å². The number of nitrogens with zero attached hydrogens (tertiary/aromatic N) is 1. The lowest BCUT2D eigenvalue weighted by molar-refractivity contribution is 0.347. The number of aliphatic imine (C=N–C) groups is 1. The topological polar surface area (TPSA) is 21.6 Å². The Morgan fingerprint density at radius 3 is 1.89 bits per heavy atom. The average molecular weight is 359 g/mol. The molecule has 0 fully saturated rings. The standard InChI is InChI=1S/C23H15F2NO/c24-18-9-10-19(25)22(23-26-11-12-27-23)21(18)20-16-7-3-1-5-14(16)13-15-6-2-4-8-17(15)20/h1-10,13H,11-12H2. The third-order valence-corrected chi connectivity index (χ3v) is 4.92. The van der Waals surface area contributed by atoms with Gasteiger partial charge in [0.05, 0.1) is 12.1 Å². The first-order chi connectivity index (χ1) is 13.2. The molecule has 0 N–H and O–H groups in total. The van der Waals surface area contributed by atoms with E-state index < -0.39 is 11.6 Å². The highest BCUT2D eigenvalue weighted by Gasteiger charge is 2.25. The Kier molecular flexibility index (Phi) is 3.64. The van der Waals surface area contributed by atoms with Crippen LogP contribution in [0.1, 0.15) is 5.56 Å². The van der Waals surface area contributed by atoms with E-state index in [-0.39, 0.29) is 17.0 Å². The summed E-state index contributed by atoms with van der Waals surface area (Å²) >= 11 is 0. The summed E-state index contributed by atoms with van der Waals surface area (Å²) < 4.78 is 35.5. The maximum atomic E-state index is 15.1. The molecule has 1 aliphatic rings. The van der Waals surface area contributed by atoms with Crippen LogP contribution < -0.4 is 0 Å². The second-order valence-electron chi connectivity index (χ2n) is 6.51. The molecule has 0 saturated carbocycles. The number of hydrogen-bond donors (Lipinski definition) is 0. The molecule has 4 heteroatoms. The van der Waals surface area contributed by atoms with Crippen LogP contribution in [0.15, 0.2) is 71.7 Å². The van der Waals surface area contributed by atoms with Crippen LogP contribution in [0.5, 0.6) is 0 Å². The molecule has 0 saturated heterocycles. The fourth-order valence-corrected chi connectivity index (χ4v) is 3.77. The SMILES string of the molecule is Fc1ccc(F)c(-c2c3ccccc3cc3ccccc23)c1C1=NCCO1. The van der Waals surface area contributed by atoms with Crippen molar-refractivity contribution in [2.75, 3.05) is 13.2 Å². The van der Waals surface area contributed by atoms with Crippen molar-refractivity contribution in [3.05, 3.63) is 83.9 Å². The zero-order valence-corrected chi connectivity index (χ0v) is 14.4. The minimum absolute atomic E-state index is 0.0917. The summed E-state index contributed by atoms with van der Waals surface area (Å²) in [4.78, 5) is 4.24. The van der Waals surface area contributed by atoms with E-state index in [4.69, 9.17) is 4.74 Å². The van der Waals surface area contributed by atoms with Gasteiger partial charge < -0.3 is 4.74 Å². The van der Waals surface area contributed by atoms with Crippen LogP contribution in [-0.4, -0.2) is 19.0 Å². The summed E-state index contributed by atoms with van der Waals surface area (Å²) in [6, 6.07) is 19.9. The fourth-order valence-electron chi connectivity index (χ4n) is 3.77. The molecule has 27 heavy (non-hydrogen) atoms. The first kappa shape index (κ1) is 15.9. The van der Waals surface area contributed by atoms with Crippen molar-refractivity contribution in [1.29, 1.82) is 0 Å². The maximum Gasteiger partial charge on any atom is 0.220 e. The summed E-state index contributed by atoms with van der Waals surface area (Å²) in [6.07, 6.45) is 0. The van der Waals surface area contributed by atoms with E-state index in [9.17, 15) is 4.39 Å². The minimum atomic E-state index is -0.538. The predicted octanol–water partition coefficient (Wildman–Crippen LogP) is 5.72. The van der Waals surface area contributed by atoms with Gasteiger partial charge in [-0.3, -0.25) is 0 Å². The lowest BCUT2D eigenvalue weighted by atomic mass is 9.89. The molecule has 132 valence electrons. The molecule has 0 bridgehead atoms. The van der Waals surface area contributed by atoms with E-state index in [1.165, 1.54) is 6.07 Å². The van der Waals surface area contributed by atoms with Crippen LogP contribution in [0.2, 0.25) is 0 Å². The summed E-state index contributed by atoms with van der Waals surface area (Å²) in [7, 11) is 0. The van der Waals surface area contributed by atoms with Crippen LogP contribution in [0, 0.1) is 11.6 Å². The molecule has 1 aliphatic heterocycles. The Labute approximate surface area is 154 Å². The van der Waals surface area contributed by atoms with E-state index in [1.807, 2.05) is 48.5 Å². The van der Waals surface area contributed by atoms with Gasteiger partial charge in [0.2, 0.25) is 5.90 Å². The van der Waals surface area contributed by atoms with Crippen molar-refractivity contribution in [3.63, 3.8) is 0 Å². The first-order valence-electron chi connectivity index (χ1n) is 8.80. The van der Waals surface area contributed by atoms with Gasteiger partial charge in [0.15, 0.2) is 0 Å². The summed E-state index contributed by atoms with van der Waals surface area (Å²) in [6.45, 7) is 0.821. The lowest BCUT2D eigenvalue weighted by Gasteiger charge is -2.17. The highest BCUT2D eigenvalue weighted by molar-refractivity contribution is 6.16. The van der Waals surface area contributed by atoms with Crippen molar-refractivity contribution in [2.24, 2.45) is 4.99 Å². The van der Waals surface area contributed by atoms with Crippen molar-refractivity contribution >= 4 is 27.4 Å². The van der Waals surface area contributed by atoms with E-state index >= 15 is 4.39 Å². The largest absolute Gasteiger partial charge is 0.475 e. The summed E-state index contributed by atoms with van der Waals surface area (Å²) in [5, 5.41) is 3.66. The Bertz CT molecular complexity index is 1180. The molecule has 1 heterocycles. The van der Waals surface area contributed by atoms with Crippen LogP contribution in [0.4, 0.5) is 8.78 Å². The molecule has 0 radical (unpaired) electrons. The number of hydrogen-bond acceptors (Lipinski definition) is 2. The molecule has 0 aromatic heterocycles. The van der Waals surface area contributed by atoms with Gasteiger partial charge in [0.1, 0.15) is 18.2 Å². The van der Waals surface area contributed by atoms with Crippen molar-refractivity contribution in [3.8, 4) is 11.1 Å². The normalized spacial score (nSPS) is 13.8. The Balaban J connectivity index is 1.98. The Morgan fingerprint density at radius 1 is 0.704 bits per heavy atom. The number of ether oxygens (including phenoxy) is 1. The molecule has 0 aliphatic carbocycles. The molecular weight excluding hydrogens is 344 g/mol. The first-order valence-corrected chi connectivity index (χ1v) is 8.80. The molecular formula is C23H15F2NO. The molecule has 0 atom stereocenters. The molecule has 4 aromatic carbocycles. The van der Waals surface area contributed by atoms with Gasteiger partial charge in [-0.2, -0.15) is 0 Å². The third kappa shape index (κ3) is 2.48. The monoisotopic (exact) mass is 359 g/mol. The van der Waals surface area contributed by atoms with Crippen LogP contribution in [0.25, 0.3) is 32.7 Å². The van der Waals surface area contributed by atoms with Crippen molar-refractivity contribution in [2.45, 2.75) is 0 Å².